The minimum Gasteiger partial charge on any atom is -0.476 e. The van der Waals surface area contributed by atoms with E-state index in [9.17, 15) is 9.59 Å². The van der Waals surface area contributed by atoms with Gasteiger partial charge in [-0.25, -0.2) is 14.6 Å². The number of thiazole rings is 1. The molecule has 3 N–H and O–H groups in total. The Kier molecular flexibility index (Phi) is 4.90. The third-order valence-electron chi connectivity index (χ3n) is 2.25. The molecule has 6 nitrogen and oxygen atoms in total. The highest BCUT2D eigenvalue weighted by molar-refractivity contribution is 14.1. The molecule has 20 heavy (non-hydrogen) atoms. The molecule has 1 aromatic carbocycles. The molecule has 0 radical (unpaired) electrons. The number of aromatic nitrogens is 1. The zero-order chi connectivity index (χ0) is 14.5. The van der Waals surface area contributed by atoms with Gasteiger partial charge in [0.1, 0.15) is 5.01 Å². The van der Waals surface area contributed by atoms with Crippen LogP contribution in [0.15, 0.2) is 29.6 Å². The monoisotopic (exact) mass is 403 g/mol. The minimum atomic E-state index is -1.07. The SMILES string of the molecule is O=C(NCc1nc(C(=O)O)cs1)Nc1cccc(I)c1. The normalized spacial score (nSPS) is 10.1. The molecule has 8 heteroatoms. The molecule has 0 aliphatic rings. The number of hydrogen-bond donors (Lipinski definition) is 3. The van der Waals surface area contributed by atoms with Crippen molar-refractivity contribution in [3.8, 4) is 0 Å². The molecule has 0 unspecified atom stereocenters. The number of rotatable bonds is 4. The van der Waals surface area contributed by atoms with Gasteiger partial charge < -0.3 is 15.7 Å². The second kappa shape index (κ2) is 6.66. The van der Waals surface area contributed by atoms with E-state index in [4.69, 9.17) is 5.11 Å². The number of carboxylic acids is 1. The van der Waals surface area contributed by atoms with Crippen molar-refractivity contribution in [3.05, 3.63) is 43.9 Å². The van der Waals surface area contributed by atoms with E-state index in [1.807, 2.05) is 18.2 Å². The number of carbonyl (C=O) groups excluding carboxylic acids is 1. The summed E-state index contributed by atoms with van der Waals surface area (Å²) in [4.78, 5) is 26.2. The van der Waals surface area contributed by atoms with E-state index in [0.717, 1.165) is 3.57 Å². The van der Waals surface area contributed by atoms with Crippen LogP contribution >= 0.6 is 33.9 Å². The smallest absolute Gasteiger partial charge is 0.355 e. The van der Waals surface area contributed by atoms with E-state index in [1.165, 1.54) is 16.7 Å². The first-order chi connectivity index (χ1) is 9.54. The number of amides is 2. The summed E-state index contributed by atoms with van der Waals surface area (Å²) in [5.41, 5.74) is 0.685. The Morgan fingerprint density at radius 1 is 1.40 bits per heavy atom. The zero-order valence-electron chi connectivity index (χ0n) is 10.1. The van der Waals surface area contributed by atoms with E-state index in [2.05, 4.69) is 38.2 Å². The maximum atomic E-state index is 11.7. The van der Waals surface area contributed by atoms with Gasteiger partial charge >= 0.3 is 12.0 Å². The molecule has 2 rings (SSSR count). The molecule has 0 bridgehead atoms. The number of urea groups is 1. The van der Waals surface area contributed by atoms with E-state index >= 15 is 0 Å². The summed E-state index contributed by atoms with van der Waals surface area (Å²) in [5.74, 6) is -1.07. The maximum Gasteiger partial charge on any atom is 0.355 e. The molecule has 0 atom stereocenters. The lowest BCUT2D eigenvalue weighted by molar-refractivity contribution is 0.0691. The quantitative estimate of drug-likeness (QED) is 0.685. The number of halogens is 1. The number of anilines is 1. The fourth-order valence-electron chi connectivity index (χ4n) is 1.39. The molecule has 0 saturated heterocycles. The molecule has 2 aromatic rings. The van der Waals surface area contributed by atoms with Crippen molar-refractivity contribution < 1.29 is 14.7 Å². The van der Waals surface area contributed by atoms with Gasteiger partial charge in [0.15, 0.2) is 5.69 Å². The van der Waals surface area contributed by atoms with Crippen LogP contribution < -0.4 is 10.6 Å². The van der Waals surface area contributed by atoms with Crippen LogP contribution in [-0.2, 0) is 6.54 Å². The van der Waals surface area contributed by atoms with Crippen LogP contribution in [0.3, 0.4) is 0 Å². The Balaban J connectivity index is 1.87. The van der Waals surface area contributed by atoms with Crippen LogP contribution in [0.25, 0.3) is 0 Å². The predicted molar refractivity (Wildman–Crippen MR) is 84.1 cm³/mol. The molecular weight excluding hydrogens is 393 g/mol. The molecule has 0 spiro atoms. The van der Waals surface area contributed by atoms with Crippen molar-refractivity contribution in [1.29, 1.82) is 0 Å². The topological polar surface area (TPSA) is 91.3 Å². The van der Waals surface area contributed by atoms with Gasteiger partial charge in [-0.1, -0.05) is 6.07 Å². The Labute approximate surface area is 132 Å². The van der Waals surface area contributed by atoms with Gasteiger partial charge in [0.25, 0.3) is 0 Å². The van der Waals surface area contributed by atoms with E-state index in [0.29, 0.717) is 10.7 Å². The third kappa shape index (κ3) is 4.17. The summed E-state index contributed by atoms with van der Waals surface area (Å²) < 4.78 is 1.02. The van der Waals surface area contributed by atoms with Gasteiger partial charge in [-0.05, 0) is 40.8 Å². The fourth-order valence-corrected chi connectivity index (χ4v) is 2.64. The van der Waals surface area contributed by atoms with Gasteiger partial charge in [0.05, 0.1) is 6.54 Å². The number of benzene rings is 1. The zero-order valence-corrected chi connectivity index (χ0v) is 13.1. The molecule has 2 amide bonds. The van der Waals surface area contributed by atoms with E-state index in [-0.39, 0.29) is 18.3 Å². The van der Waals surface area contributed by atoms with Crippen LogP contribution in [0.1, 0.15) is 15.5 Å². The highest BCUT2D eigenvalue weighted by Gasteiger charge is 2.09. The third-order valence-corrected chi connectivity index (χ3v) is 3.77. The maximum absolute atomic E-state index is 11.7. The van der Waals surface area contributed by atoms with Gasteiger partial charge in [0, 0.05) is 14.6 Å². The van der Waals surface area contributed by atoms with Gasteiger partial charge in [-0.2, -0.15) is 0 Å². The summed E-state index contributed by atoms with van der Waals surface area (Å²) >= 11 is 3.35. The summed E-state index contributed by atoms with van der Waals surface area (Å²) in [6.07, 6.45) is 0. The minimum absolute atomic E-state index is 0.00942. The molecular formula is C12H10IN3O3S. The van der Waals surface area contributed by atoms with E-state index < -0.39 is 5.97 Å². The summed E-state index contributed by atoms with van der Waals surface area (Å²) in [6.45, 7) is 0.188. The molecule has 0 aliphatic heterocycles. The molecule has 0 saturated carbocycles. The van der Waals surface area contributed by atoms with Crippen molar-refractivity contribution in [1.82, 2.24) is 10.3 Å². The summed E-state index contributed by atoms with van der Waals surface area (Å²) in [6, 6.07) is 7.03. The fraction of sp³-hybridized carbons (Fsp3) is 0.0833. The number of carbonyl (C=O) groups is 2. The van der Waals surface area contributed by atoms with Crippen LogP contribution in [0.2, 0.25) is 0 Å². The molecule has 0 fully saturated rings. The Hall–Kier alpha value is -1.68. The van der Waals surface area contributed by atoms with Crippen molar-refractivity contribution in [2.75, 3.05) is 5.32 Å². The highest BCUT2D eigenvalue weighted by atomic mass is 127. The average Bonchev–Trinajstić information content (AvgIpc) is 2.85. The standard InChI is InChI=1S/C12H10IN3O3S/c13-7-2-1-3-8(4-7)15-12(19)14-5-10-16-9(6-20-10)11(17)18/h1-4,6H,5H2,(H,17,18)(H2,14,15,19). The first-order valence-corrected chi connectivity index (χ1v) is 7.48. The van der Waals surface area contributed by atoms with Crippen molar-refractivity contribution in [3.63, 3.8) is 0 Å². The highest BCUT2D eigenvalue weighted by Crippen LogP contribution is 2.12. The Morgan fingerprint density at radius 3 is 2.85 bits per heavy atom. The van der Waals surface area contributed by atoms with Crippen molar-refractivity contribution in [2.45, 2.75) is 6.54 Å². The first-order valence-electron chi connectivity index (χ1n) is 5.53. The van der Waals surface area contributed by atoms with Gasteiger partial charge in [-0.3, -0.25) is 0 Å². The second-order valence-electron chi connectivity index (χ2n) is 3.75. The lowest BCUT2D eigenvalue weighted by Crippen LogP contribution is -2.28. The second-order valence-corrected chi connectivity index (χ2v) is 5.94. The summed E-state index contributed by atoms with van der Waals surface area (Å²) in [5, 5.41) is 16.0. The number of nitrogens with one attached hydrogen (secondary N) is 2. The lowest BCUT2D eigenvalue weighted by Gasteiger charge is -2.06. The van der Waals surface area contributed by atoms with Gasteiger partial charge in [-0.15, -0.1) is 11.3 Å². The van der Waals surface area contributed by atoms with Crippen molar-refractivity contribution >= 4 is 51.6 Å². The Bertz CT molecular complexity index is 644. The predicted octanol–water partition coefficient (Wildman–Crippen LogP) is 2.77. The summed E-state index contributed by atoms with van der Waals surface area (Å²) in [7, 11) is 0. The van der Waals surface area contributed by atoms with Crippen molar-refractivity contribution in [2.24, 2.45) is 0 Å². The number of nitrogens with zero attached hydrogens (tertiary/aromatic N) is 1. The number of hydrogen-bond acceptors (Lipinski definition) is 4. The number of carboxylic acid groups (broad SMARTS) is 1. The lowest BCUT2D eigenvalue weighted by atomic mass is 10.3. The molecule has 1 aromatic heterocycles. The van der Waals surface area contributed by atoms with Crippen LogP contribution in [-0.4, -0.2) is 22.1 Å². The van der Waals surface area contributed by atoms with Crippen LogP contribution in [0, 0.1) is 3.57 Å². The average molecular weight is 403 g/mol. The first kappa shape index (κ1) is 14.7. The largest absolute Gasteiger partial charge is 0.476 e. The molecule has 1 heterocycles. The van der Waals surface area contributed by atoms with Crippen LogP contribution in [0.4, 0.5) is 10.5 Å². The molecule has 0 aliphatic carbocycles. The van der Waals surface area contributed by atoms with Crippen LogP contribution in [0.5, 0.6) is 0 Å². The Morgan fingerprint density at radius 2 is 2.20 bits per heavy atom. The number of aromatic carboxylic acids is 1. The van der Waals surface area contributed by atoms with E-state index in [1.54, 1.807) is 6.07 Å². The van der Waals surface area contributed by atoms with Gasteiger partial charge in [0.2, 0.25) is 0 Å². The molecule has 104 valence electrons.